The van der Waals surface area contributed by atoms with Gasteiger partial charge in [-0.15, -0.1) is 0 Å². The van der Waals surface area contributed by atoms with E-state index in [2.05, 4.69) is 192 Å². The first-order valence-electron chi connectivity index (χ1n) is 49.3. The van der Waals surface area contributed by atoms with Crippen molar-refractivity contribution < 1.29 is 38.8 Å². The van der Waals surface area contributed by atoms with E-state index in [9.17, 15) is 33.7 Å². The van der Waals surface area contributed by atoms with E-state index >= 15 is 0 Å². The molecule has 37 nitrogen and oxygen atoms in total. The second-order valence-electron chi connectivity index (χ2n) is 40.2. The zero-order valence-electron chi connectivity index (χ0n) is 86.1. The minimum absolute atomic E-state index is 0.0000190. The number of likely N-dealkylation sites (N-methyl/N-ethyl adjacent to an activating group) is 1. The summed E-state index contributed by atoms with van der Waals surface area (Å²) in [6.45, 7) is 44.6. The third kappa shape index (κ3) is 31.1. The number of benzene rings is 8. The van der Waals surface area contributed by atoms with Gasteiger partial charge in [0, 0.05) is 255 Å². The number of anilines is 20. The summed E-state index contributed by atoms with van der Waals surface area (Å²) in [4.78, 5) is 51.1. The third-order valence-electron chi connectivity index (χ3n) is 24.4. The van der Waals surface area contributed by atoms with E-state index in [0.29, 0.717) is 69.8 Å². The van der Waals surface area contributed by atoms with Crippen LogP contribution in [-0.4, -0.2) is 246 Å². The molecular formula is C105H140N28O9S4. The fraction of sp³-hybridized carbons (Fsp3) is 0.390. The summed E-state index contributed by atoms with van der Waals surface area (Å²) in [7, 11) is -12.4. The Kier molecular flexibility index (Phi) is 35.9. The molecule has 0 amide bonds. The Hall–Kier alpha value is -12.9. The molecule has 12 aromatic rings. The van der Waals surface area contributed by atoms with Gasteiger partial charge in [0.1, 0.15) is 23.3 Å². The third-order valence-corrected chi connectivity index (χ3v) is 31.8. The van der Waals surface area contributed by atoms with Crippen LogP contribution in [0.5, 0.6) is 0 Å². The number of nitrogens with one attached hydrogen (secondary N) is 13. The molecule has 0 saturated carbocycles. The number of hydrogen-bond donors (Lipinski definition) is 14. The Balaban J connectivity index is 0.000000154. The number of hydrogen-bond acceptors (Lipinski definition) is 33. The maximum atomic E-state index is 13.4. The van der Waals surface area contributed by atoms with Crippen molar-refractivity contribution in [2.24, 2.45) is 0 Å². The Morgan fingerprint density at radius 1 is 0.329 bits per heavy atom. The summed E-state index contributed by atoms with van der Waals surface area (Å²) in [6.07, 6.45) is 8.71. The highest BCUT2D eigenvalue weighted by atomic mass is 32.2. The number of aliphatic hydroxyl groups excluding tert-OH is 1. The largest absolute Gasteiger partial charge is 0.395 e. The van der Waals surface area contributed by atoms with E-state index in [1.807, 2.05) is 144 Å². The molecular weight excluding hydrogens is 1930 g/mol. The topological polar surface area (TPSA) is 439 Å². The Bertz CT molecular complexity index is 6890. The van der Waals surface area contributed by atoms with Gasteiger partial charge in [0.05, 0.1) is 26.2 Å². The van der Waals surface area contributed by atoms with E-state index in [-0.39, 0.29) is 38.3 Å². The zero-order valence-corrected chi connectivity index (χ0v) is 89.4. The average Bonchev–Trinajstić information content (AvgIpc) is 1.62. The normalized spacial score (nSPS) is 16.3. The standard InChI is InChI=1S/C28H37N7O2S.C27H37N7O3S.2C25H33N7O2S/c1-20-19-29-28(31-23-10-12-25(13-11-23)34-16-14-33(4)15-17-34)32-27(20)30-24-6-5-7-26(18-24)38(36,37)35-21(2)8-9-22(35)3;1-20-19-28-26(30-21-8-10-23(11-9-21)34-14-12-33(13-15-34)16-17-35)31-25(20)29-22-6-5-7-24(18-22)38(36,37)32-27(2,3)4;1-18-17-27-24(29-19-7-5-9-21(15-19)32-13-11-26-12-14-32)30-23(18)28-20-8-6-10-22(16-20)35(33,34)31-25(2,3)4;1-18-17-27-24(29-19-8-10-21(11-9-19)32-14-12-26-13-15-32)30-23(18)28-20-6-5-7-22(16-20)35(33,34)31-25(2,3)4/h5-7,10-13,18-19,21-22H,8-9,14-17H2,1-4H3,(H2,29,30,31,32);5-11,18-19,32,35H,12-17H2,1-4H3,(H2,28,29,30,31);5-10,15-17,26,31H,11-14H2,1-4H3,(H2,27,28,29,30);5-11,16-17,26,31H,12-15H2,1-4H3,(H2,27,28,29,30). The minimum atomic E-state index is -3.66. The number of aliphatic hydroxyl groups is 1. The van der Waals surface area contributed by atoms with Gasteiger partial charge < -0.3 is 82.8 Å². The highest BCUT2D eigenvalue weighted by Gasteiger charge is 2.38. The van der Waals surface area contributed by atoms with Gasteiger partial charge >= 0.3 is 0 Å². The fourth-order valence-electron chi connectivity index (χ4n) is 17.0. The lowest BCUT2D eigenvalue weighted by atomic mass is 10.1. The predicted octanol–water partition coefficient (Wildman–Crippen LogP) is 15.6. The van der Waals surface area contributed by atoms with E-state index < -0.39 is 56.7 Å². The maximum Gasteiger partial charge on any atom is 0.243 e. The summed E-state index contributed by atoms with van der Waals surface area (Å²) in [6, 6.07) is 59.9. The number of β-amino-alcohol motifs (C(OH)–C–C–N with tert-alkyl or cyclic N) is 1. The first-order valence-corrected chi connectivity index (χ1v) is 55.2. The molecule has 2 unspecified atom stereocenters. The lowest BCUT2D eigenvalue weighted by molar-refractivity contribution is 0.189. The Labute approximate surface area is 860 Å². The van der Waals surface area contributed by atoms with E-state index in [4.69, 9.17) is 5.11 Å². The van der Waals surface area contributed by atoms with Crippen LogP contribution in [0.4, 0.5) is 115 Å². The first-order chi connectivity index (χ1) is 69.4. The van der Waals surface area contributed by atoms with Crippen molar-refractivity contribution in [2.45, 2.75) is 165 Å². The number of rotatable bonds is 30. The van der Waals surface area contributed by atoms with Crippen molar-refractivity contribution in [1.29, 1.82) is 0 Å². The van der Waals surface area contributed by atoms with Crippen LogP contribution in [0.15, 0.2) is 238 Å². The number of piperazine rings is 4. The fourth-order valence-corrected chi connectivity index (χ4v) is 23.3. The molecule has 17 rings (SSSR count). The van der Waals surface area contributed by atoms with Crippen LogP contribution < -0.4 is 86.9 Å². The predicted molar refractivity (Wildman–Crippen MR) is 588 cm³/mol. The molecule has 5 fully saturated rings. The van der Waals surface area contributed by atoms with Gasteiger partial charge in [-0.3, -0.25) is 4.90 Å². The summed E-state index contributed by atoms with van der Waals surface area (Å²) in [5, 5.41) is 41.9. The van der Waals surface area contributed by atoms with E-state index in [1.54, 1.807) is 135 Å². The Morgan fingerprint density at radius 3 is 0.918 bits per heavy atom. The molecule has 2 atom stereocenters. The van der Waals surface area contributed by atoms with Gasteiger partial charge in [0.2, 0.25) is 63.9 Å². The molecule has 41 heteroatoms. The summed E-state index contributed by atoms with van der Waals surface area (Å²) < 4.78 is 113. The minimum Gasteiger partial charge on any atom is -0.395 e. The Morgan fingerprint density at radius 2 is 0.603 bits per heavy atom. The van der Waals surface area contributed by atoms with Crippen molar-refractivity contribution >= 4 is 155 Å². The summed E-state index contributed by atoms with van der Waals surface area (Å²) >= 11 is 0. The molecule has 4 aromatic heterocycles. The van der Waals surface area contributed by atoms with Crippen molar-refractivity contribution in [3.8, 4) is 0 Å². The molecule has 5 aliphatic rings. The van der Waals surface area contributed by atoms with Crippen molar-refractivity contribution in [3.63, 3.8) is 0 Å². The SMILES string of the molecule is Cc1cnc(Nc2ccc(N3CCN(C)CC3)cc2)nc1Nc1cccc(S(=O)(=O)N2C(C)CCC2C)c1.Cc1cnc(Nc2ccc(N3CCN(CCO)CC3)cc2)nc1Nc1cccc(S(=O)(=O)NC(C)(C)C)c1.Cc1cnc(Nc2ccc(N3CCNCC3)cc2)nc1Nc1cccc(S(=O)(=O)NC(C)(C)C)c1.Cc1cnc(Nc2cccc(N3CCNCC3)c2)nc1Nc1cccc(S(=O)(=O)NC(C)(C)C)c1. The second-order valence-corrected chi connectivity index (χ2v) is 47.1. The quantitative estimate of drug-likeness (QED) is 0.0199. The van der Waals surface area contributed by atoms with Crippen LogP contribution in [0, 0.1) is 27.7 Å². The monoisotopic (exact) mass is 2070 g/mol. The zero-order chi connectivity index (χ0) is 104. The molecule has 5 saturated heterocycles. The smallest absolute Gasteiger partial charge is 0.243 e. The molecule has 14 N–H and O–H groups in total. The van der Waals surface area contributed by atoms with Crippen molar-refractivity contribution in [2.75, 3.05) is 187 Å². The molecule has 0 aliphatic carbocycles. The number of aromatic nitrogens is 8. The second kappa shape index (κ2) is 48.2. The maximum absolute atomic E-state index is 13.4. The molecule has 778 valence electrons. The van der Waals surface area contributed by atoms with Gasteiger partial charge in [-0.25, -0.2) is 67.8 Å². The number of aryl methyl sites for hydroxylation is 4. The van der Waals surface area contributed by atoms with Gasteiger partial charge in [0.25, 0.3) is 0 Å². The first kappa shape index (κ1) is 109. The molecule has 0 bridgehead atoms. The van der Waals surface area contributed by atoms with Crippen LogP contribution in [0.2, 0.25) is 0 Å². The summed E-state index contributed by atoms with van der Waals surface area (Å²) in [5.74, 6) is 4.19. The molecule has 146 heavy (non-hydrogen) atoms. The lowest BCUT2D eigenvalue weighted by Gasteiger charge is -2.35. The van der Waals surface area contributed by atoms with Crippen molar-refractivity contribution in [3.05, 3.63) is 241 Å². The van der Waals surface area contributed by atoms with Crippen LogP contribution in [0.1, 0.15) is 111 Å². The van der Waals surface area contributed by atoms with Crippen LogP contribution in [0.25, 0.3) is 0 Å². The molecule has 5 aliphatic heterocycles. The van der Waals surface area contributed by atoms with E-state index in [0.717, 1.165) is 180 Å². The van der Waals surface area contributed by atoms with Gasteiger partial charge in [-0.1, -0.05) is 30.3 Å². The van der Waals surface area contributed by atoms with Gasteiger partial charge in [-0.2, -0.15) is 24.2 Å². The number of nitrogens with zero attached hydrogens (tertiary/aromatic N) is 15. The van der Waals surface area contributed by atoms with Gasteiger partial charge in [-0.05, 0) is 288 Å². The van der Waals surface area contributed by atoms with Gasteiger partial charge in [0.15, 0.2) is 0 Å². The molecule has 0 spiro atoms. The van der Waals surface area contributed by atoms with E-state index in [1.165, 1.54) is 11.4 Å². The van der Waals surface area contributed by atoms with Crippen molar-refractivity contribution in [1.82, 2.24) is 78.8 Å². The number of sulfonamides is 4. The highest BCUT2D eigenvalue weighted by molar-refractivity contribution is 7.90. The molecule has 8 aromatic carbocycles. The van der Waals surface area contributed by atoms with Crippen LogP contribution >= 0.6 is 0 Å². The van der Waals surface area contributed by atoms with Crippen LogP contribution in [-0.2, 0) is 40.1 Å². The molecule has 9 heterocycles. The highest BCUT2D eigenvalue weighted by Crippen LogP contribution is 2.36. The molecule has 0 radical (unpaired) electrons. The van der Waals surface area contributed by atoms with Crippen LogP contribution in [0.3, 0.4) is 0 Å². The average molecular weight is 2070 g/mol. The lowest BCUT2D eigenvalue weighted by Crippen LogP contribution is -2.47. The summed E-state index contributed by atoms with van der Waals surface area (Å²) in [5.41, 5.74) is 12.4.